The Balaban J connectivity index is 1.69. The van der Waals surface area contributed by atoms with Crippen molar-refractivity contribution >= 4 is 33.0 Å². The molecule has 210 valence electrons. The van der Waals surface area contributed by atoms with E-state index in [0.29, 0.717) is 40.1 Å². The van der Waals surface area contributed by atoms with Crippen LogP contribution in [0.4, 0.5) is 11.4 Å². The molecule has 1 amide bonds. The summed E-state index contributed by atoms with van der Waals surface area (Å²) in [6.07, 6.45) is 0.582. The number of hydrogen-bond donors (Lipinski definition) is 4. The number of hydroxylamine groups is 1. The third-order valence-corrected chi connectivity index (χ3v) is 7.66. The van der Waals surface area contributed by atoms with E-state index in [1.165, 1.54) is 18.2 Å². The molecule has 0 aliphatic heterocycles. The Morgan fingerprint density at radius 2 is 1.73 bits per heavy atom. The molecule has 0 aromatic heterocycles. The van der Waals surface area contributed by atoms with Crippen molar-refractivity contribution < 1.29 is 23.3 Å². The number of primary sulfonamides is 1. The van der Waals surface area contributed by atoms with E-state index in [1.807, 2.05) is 24.5 Å². The first-order chi connectivity index (χ1) is 19.5. The zero-order valence-electron chi connectivity index (χ0n) is 22.1. The molecule has 0 bridgehead atoms. The number of anilines is 1. The molecular formula is C30H28N4O6S. The summed E-state index contributed by atoms with van der Waals surface area (Å²) in [4.78, 5) is 24.5. The summed E-state index contributed by atoms with van der Waals surface area (Å²) >= 11 is 0. The maximum absolute atomic E-state index is 13.5. The molecule has 1 unspecified atom stereocenters. The molecule has 0 radical (unpaired) electrons. The van der Waals surface area contributed by atoms with E-state index in [4.69, 9.17) is 5.14 Å². The van der Waals surface area contributed by atoms with Gasteiger partial charge >= 0.3 is 0 Å². The molecule has 5 N–H and O–H groups in total. The van der Waals surface area contributed by atoms with Gasteiger partial charge in [-0.3, -0.25) is 25.6 Å². The van der Waals surface area contributed by atoms with Gasteiger partial charge < -0.3 is 5.32 Å². The summed E-state index contributed by atoms with van der Waals surface area (Å²) in [6, 6.07) is 24.3. The molecule has 0 aliphatic rings. The number of non-ortho nitro benzene ring substituents is 1. The Morgan fingerprint density at radius 3 is 2.37 bits per heavy atom. The minimum Gasteiger partial charge on any atom is -0.322 e. The third-order valence-electron chi connectivity index (χ3n) is 6.70. The minimum atomic E-state index is -3.95. The van der Waals surface area contributed by atoms with Crippen LogP contribution in [0.2, 0.25) is 0 Å². The molecule has 0 saturated heterocycles. The summed E-state index contributed by atoms with van der Waals surface area (Å²) in [5, 5.41) is 29.0. The maximum atomic E-state index is 13.5. The molecule has 1 atom stereocenters. The summed E-state index contributed by atoms with van der Waals surface area (Å²) in [5.41, 5.74) is 5.74. The Hall–Kier alpha value is -4.84. The average molecular weight is 573 g/mol. The van der Waals surface area contributed by atoms with Crippen molar-refractivity contribution in [3.05, 3.63) is 130 Å². The van der Waals surface area contributed by atoms with E-state index < -0.39 is 20.9 Å². The Bertz CT molecular complexity index is 1740. The maximum Gasteiger partial charge on any atom is 0.270 e. The first kappa shape index (κ1) is 29.2. The van der Waals surface area contributed by atoms with Crippen LogP contribution in [0.1, 0.15) is 46.3 Å². The number of benzene rings is 4. The lowest BCUT2D eigenvalue weighted by molar-refractivity contribution is -0.384. The number of rotatable bonds is 10. The molecule has 0 spiro atoms. The molecule has 0 heterocycles. The number of nitro groups is 1. The fraction of sp³-hybridized carbons (Fsp3) is 0.100. The van der Waals surface area contributed by atoms with Gasteiger partial charge in [0.15, 0.2) is 0 Å². The molecule has 41 heavy (non-hydrogen) atoms. The number of amides is 1. The van der Waals surface area contributed by atoms with Gasteiger partial charge in [0.2, 0.25) is 10.0 Å². The second kappa shape index (κ2) is 12.1. The summed E-state index contributed by atoms with van der Waals surface area (Å²) in [5.74, 6) is -0.836. The van der Waals surface area contributed by atoms with Crippen LogP contribution in [0.3, 0.4) is 0 Å². The van der Waals surface area contributed by atoms with Crippen LogP contribution in [0, 0.1) is 10.1 Å². The van der Waals surface area contributed by atoms with Gasteiger partial charge in [-0.25, -0.2) is 13.6 Å². The standard InChI is InChI=1S/C30H28N4O6S/c1-3-25(22-8-6-7-21(17-22)19(2)33-36)27-16-15-24(34(37)38)18-28(27)30(35)32-23-13-11-20(12-14-23)26-9-4-5-10-29(26)41(31,39)40/h4-18,25,33,36H,2-3H2,1H3,(H,32,35)(H2,31,39,40). The molecular weight excluding hydrogens is 544 g/mol. The lowest BCUT2D eigenvalue weighted by Gasteiger charge is -2.20. The third kappa shape index (κ3) is 6.49. The van der Waals surface area contributed by atoms with Crippen LogP contribution >= 0.6 is 0 Å². The number of carbonyl (C=O) groups is 1. The highest BCUT2D eigenvalue weighted by Gasteiger charge is 2.24. The lowest BCUT2D eigenvalue weighted by atomic mass is 9.85. The monoisotopic (exact) mass is 572 g/mol. The normalized spacial score (nSPS) is 11.9. The van der Waals surface area contributed by atoms with Crippen molar-refractivity contribution in [2.75, 3.05) is 5.32 Å². The number of hydrogen-bond acceptors (Lipinski definition) is 7. The topological polar surface area (TPSA) is 165 Å². The highest BCUT2D eigenvalue weighted by atomic mass is 32.2. The van der Waals surface area contributed by atoms with Crippen molar-refractivity contribution in [2.24, 2.45) is 5.14 Å². The van der Waals surface area contributed by atoms with Gasteiger partial charge in [0, 0.05) is 29.3 Å². The fourth-order valence-electron chi connectivity index (χ4n) is 4.69. The molecule has 0 saturated carbocycles. The van der Waals surface area contributed by atoms with Gasteiger partial charge in [-0.1, -0.05) is 68.1 Å². The summed E-state index contributed by atoms with van der Waals surface area (Å²) in [6.45, 7) is 5.71. The predicted molar refractivity (Wildman–Crippen MR) is 157 cm³/mol. The SMILES string of the molecule is C=C(NO)c1cccc(C(CC)c2ccc([N+](=O)[O-])cc2C(=O)Nc2ccc(-c3ccccc3S(N)(=O)=O)cc2)c1. The molecule has 0 fully saturated rings. The van der Waals surface area contributed by atoms with Crippen molar-refractivity contribution in [1.29, 1.82) is 0 Å². The van der Waals surface area contributed by atoms with Crippen LogP contribution in [-0.2, 0) is 10.0 Å². The van der Waals surface area contributed by atoms with E-state index in [0.717, 1.165) is 5.56 Å². The van der Waals surface area contributed by atoms with E-state index in [9.17, 15) is 28.5 Å². The first-order valence-corrected chi connectivity index (χ1v) is 14.1. The lowest BCUT2D eigenvalue weighted by Crippen LogP contribution is -2.17. The number of nitrogens with two attached hydrogens (primary N) is 1. The van der Waals surface area contributed by atoms with Crippen LogP contribution in [0.25, 0.3) is 16.8 Å². The largest absolute Gasteiger partial charge is 0.322 e. The molecule has 10 nitrogen and oxygen atoms in total. The van der Waals surface area contributed by atoms with E-state index in [-0.39, 0.29) is 22.1 Å². The number of nitro benzene ring substituents is 1. The fourth-order valence-corrected chi connectivity index (χ4v) is 5.45. The van der Waals surface area contributed by atoms with Crippen LogP contribution in [-0.4, -0.2) is 24.5 Å². The smallest absolute Gasteiger partial charge is 0.270 e. The van der Waals surface area contributed by atoms with Gasteiger partial charge in [-0.15, -0.1) is 0 Å². The van der Waals surface area contributed by atoms with Gasteiger partial charge in [0.05, 0.1) is 21.1 Å². The highest BCUT2D eigenvalue weighted by molar-refractivity contribution is 7.89. The molecule has 11 heteroatoms. The van der Waals surface area contributed by atoms with Crippen LogP contribution in [0.15, 0.2) is 102 Å². The molecule has 0 aliphatic carbocycles. The van der Waals surface area contributed by atoms with Gasteiger partial charge in [-0.05, 0) is 52.9 Å². The minimum absolute atomic E-state index is 0.0222. The van der Waals surface area contributed by atoms with Gasteiger partial charge in [0.1, 0.15) is 0 Å². The second-order valence-electron chi connectivity index (χ2n) is 9.28. The zero-order chi connectivity index (χ0) is 29.7. The number of nitrogens with one attached hydrogen (secondary N) is 2. The molecule has 4 aromatic rings. The highest BCUT2D eigenvalue weighted by Crippen LogP contribution is 2.34. The van der Waals surface area contributed by atoms with Gasteiger partial charge in [0.25, 0.3) is 11.6 Å². The Labute approximate surface area is 237 Å². The number of nitrogens with zero attached hydrogens (tertiary/aromatic N) is 1. The molecule has 4 rings (SSSR count). The summed E-state index contributed by atoms with van der Waals surface area (Å²) in [7, 11) is -3.95. The zero-order valence-corrected chi connectivity index (χ0v) is 22.9. The summed E-state index contributed by atoms with van der Waals surface area (Å²) < 4.78 is 24.0. The predicted octanol–water partition coefficient (Wildman–Crippen LogP) is 5.65. The molecule has 4 aromatic carbocycles. The Kier molecular flexibility index (Phi) is 8.62. The van der Waals surface area contributed by atoms with Crippen LogP contribution in [0.5, 0.6) is 0 Å². The van der Waals surface area contributed by atoms with E-state index >= 15 is 0 Å². The van der Waals surface area contributed by atoms with E-state index in [2.05, 4.69) is 11.9 Å². The number of sulfonamides is 1. The average Bonchev–Trinajstić information content (AvgIpc) is 2.97. The van der Waals surface area contributed by atoms with Crippen molar-refractivity contribution in [3.63, 3.8) is 0 Å². The van der Waals surface area contributed by atoms with Crippen LogP contribution < -0.4 is 15.9 Å². The quantitative estimate of drug-likeness (QED) is 0.141. The van der Waals surface area contributed by atoms with Gasteiger partial charge in [-0.2, -0.15) is 0 Å². The van der Waals surface area contributed by atoms with Crippen molar-refractivity contribution in [3.8, 4) is 11.1 Å². The number of carbonyl (C=O) groups excluding carboxylic acids is 1. The Morgan fingerprint density at radius 1 is 1.02 bits per heavy atom. The van der Waals surface area contributed by atoms with Crippen molar-refractivity contribution in [2.45, 2.75) is 24.2 Å². The van der Waals surface area contributed by atoms with Crippen molar-refractivity contribution in [1.82, 2.24) is 5.48 Å². The second-order valence-corrected chi connectivity index (χ2v) is 10.8. The van der Waals surface area contributed by atoms with E-state index in [1.54, 1.807) is 60.7 Å². The first-order valence-electron chi connectivity index (χ1n) is 12.5.